The van der Waals surface area contributed by atoms with Gasteiger partial charge in [-0.15, -0.1) is 0 Å². The smallest absolute Gasteiger partial charge is 0.129 e. The molecule has 1 aliphatic rings. The lowest BCUT2D eigenvalue weighted by molar-refractivity contribution is 0.187. The third-order valence-electron chi connectivity index (χ3n) is 4.71. The fourth-order valence-corrected chi connectivity index (χ4v) is 3.54. The predicted molar refractivity (Wildman–Crippen MR) is 81.8 cm³/mol. The van der Waals surface area contributed by atoms with E-state index >= 15 is 0 Å². The Morgan fingerprint density at radius 2 is 1.80 bits per heavy atom. The zero-order valence-electron chi connectivity index (χ0n) is 12.2. The van der Waals surface area contributed by atoms with Crippen molar-refractivity contribution in [2.75, 3.05) is 0 Å². The highest BCUT2D eigenvalue weighted by Crippen LogP contribution is 2.39. The van der Waals surface area contributed by atoms with Crippen LogP contribution in [0, 0.1) is 23.6 Å². The third-order valence-corrected chi connectivity index (χ3v) is 4.94. The van der Waals surface area contributed by atoms with E-state index in [1.165, 1.54) is 18.9 Å². The van der Waals surface area contributed by atoms with Crippen molar-refractivity contribution in [3.63, 3.8) is 0 Å². The monoisotopic (exact) mass is 298 g/mol. The summed E-state index contributed by atoms with van der Waals surface area (Å²) in [5.41, 5.74) is 3.44. The summed E-state index contributed by atoms with van der Waals surface area (Å²) in [6.45, 7) is 4.56. The summed E-state index contributed by atoms with van der Waals surface area (Å²) in [4.78, 5) is 0. The van der Waals surface area contributed by atoms with Gasteiger partial charge in [-0.25, -0.2) is 4.39 Å². The highest BCUT2D eigenvalue weighted by atomic mass is 35.5. The lowest BCUT2D eigenvalue weighted by Gasteiger charge is -2.35. The Labute approximate surface area is 125 Å². The number of halogens is 2. The van der Waals surface area contributed by atoms with Gasteiger partial charge in [-0.2, -0.15) is 0 Å². The number of benzene rings is 1. The maximum atomic E-state index is 14.1. The van der Waals surface area contributed by atoms with Crippen LogP contribution in [0.3, 0.4) is 0 Å². The largest absolute Gasteiger partial charge is 0.271 e. The van der Waals surface area contributed by atoms with Crippen molar-refractivity contribution in [1.29, 1.82) is 0 Å². The lowest BCUT2D eigenvalue weighted by Crippen LogP contribution is -2.36. The minimum Gasteiger partial charge on any atom is -0.271 e. The molecule has 0 saturated heterocycles. The summed E-state index contributed by atoms with van der Waals surface area (Å²) in [5.74, 6) is 7.33. The van der Waals surface area contributed by atoms with Crippen LogP contribution in [0.4, 0.5) is 4.39 Å². The number of hydrogen-bond donors (Lipinski definition) is 2. The summed E-state index contributed by atoms with van der Waals surface area (Å²) >= 11 is 5.81. The Bertz CT molecular complexity index is 442. The standard InChI is InChI=1S/C16H24ClFN2/c1-10(2)11-3-5-12(6-4-11)16(20-19)14-8-7-13(17)9-15(14)18/h7-12,16,20H,3-6,19H2,1-2H3. The molecule has 1 unspecified atom stereocenters. The molecule has 1 saturated carbocycles. The molecule has 1 fully saturated rings. The summed E-state index contributed by atoms with van der Waals surface area (Å²) in [6, 6.07) is 4.71. The number of rotatable bonds is 4. The van der Waals surface area contributed by atoms with E-state index < -0.39 is 0 Å². The first kappa shape index (κ1) is 15.7. The van der Waals surface area contributed by atoms with Crippen LogP contribution in [-0.2, 0) is 0 Å². The highest BCUT2D eigenvalue weighted by molar-refractivity contribution is 6.30. The van der Waals surface area contributed by atoms with Gasteiger partial charge in [0.15, 0.2) is 0 Å². The maximum absolute atomic E-state index is 14.1. The second kappa shape index (κ2) is 6.88. The number of hydrazine groups is 1. The Balaban J connectivity index is 2.09. The van der Waals surface area contributed by atoms with Crippen LogP contribution in [0.1, 0.15) is 51.1 Å². The second-order valence-corrected chi connectivity index (χ2v) is 6.67. The van der Waals surface area contributed by atoms with E-state index in [1.807, 2.05) is 0 Å². The summed E-state index contributed by atoms with van der Waals surface area (Å²) in [7, 11) is 0. The first-order valence-corrected chi connectivity index (χ1v) is 7.81. The topological polar surface area (TPSA) is 38.0 Å². The highest BCUT2D eigenvalue weighted by Gasteiger charge is 2.30. The third kappa shape index (κ3) is 3.51. The lowest BCUT2D eigenvalue weighted by atomic mass is 9.73. The van der Waals surface area contributed by atoms with Crippen LogP contribution in [0.2, 0.25) is 5.02 Å². The van der Waals surface area contributed by atoms with Gasteiger partial charge in [-0.3, -0.25) is 11.3 Å². The van der Waals surface area contributed by atoms with Gasteiger partial charge in [0, 0.05) is 10.6 Å². The van der Waals surface area contributed by atoms with Gasteiger partial charge in [0.1, 0.15) is 5.82 Å². The molecular weight excluding hydrogens is 275 g/mol. The fourth-order valence-electron chi connectivity index (χ4n) is 3.38. The van der Waals surface area contributed by atoms with Crippen molar-refractivity contribution in [2.45, 2.75) is 45.6 Å². The van der Waals surface area contributed by atoms with E-state index in [-0.39, 0.29) is 11.9 Å². The Kier molecular flexibility index (Phi) is 5.42. The van der Waals surface area contributed by atoms with Crippen LogP contribution in [0.15, 0.2) is 18.2 Å². The van der Waals surface area contributed by atoms with Gasteiger partial charge in [-0.1, -0.05) is 31.5 Å². The maximum Gasteiger partial charge on any atom is 0.129 e. The molecule has 0 amide bonds. The molecule has 0 bridgehead atoms. The van der Waals surface area contributed by atoms with E-state index in [0.29, 0.717) is 16.5 Å². The van der Waals surface area contributed by atoms with Crippen LogP contribution in [-0.4, -0.2) is 0 Å². The first-order valence-electron chi connectivity index (χ1n) is 7.44. The minimum absolute atomic E-state index is 0.125. The molecule has 20 heavy (non-hydrogen) atoms. The van der Waals surface area contributed by atoms with Crippen LogP contribution >= 0.6 is 11.6 Å². The molecule has 112 valence electrons. The van der Waals surface area contributed by atoms with Crippen molar-refractivity contribution in [1.82, 2.24) is 5.43 Å². The molecule has 4 heteroatoms. The molecule has 2 rings (SSSR count). The van der Waals surface area contributed by atoms with E-state index in [9.17, 15) is 4.39 Å². The van der Waals surface area contributed by atoms with Crippen molar-refractivity contribution in [3.05, 3.63) is 34.6 Å². The zero-order chi connectivity index (χ0) is 14.7. The molecule has 0 radical (unpaired) electrons. The normalized spacial score (nSPS) is 24.9. The summed E-state index contributed by atoms with van der Waals surface area (Å²) in [5, 5.41) is 0.422. The van der Waals surface area contributed by atoms with Crippen LogP contribution < -0.4 is 11.3 Å². The number of nitrogens with one attached hydrogen (secondary N) is 1. The van der Waals surface area contributed by atoms with E-state index in [4.69, 9.17) is 17.4 Å². The molecule has 0 spiro atoms. The molecule has 1 aliphatic carbocycles. The van der Waals surface area contributed by atoms with E-state index in [0.717, 1.165) is 24.7 Å². The average molecular weight is 299 g/mol. The average Bonchev–Trinajstić information content (AvgIpc) is 2.42. The first-order chi connectivity index (χ1) is 9.52. The van der Waals surface area contributed by atoms with Gasteiger partial charge in [-0.05, 0) is 55.6 Å². The predicted octanol–water partition coefficient (Wildman–Crippen LogP) is 4.45. The number of nitrogens with two attached hydrogens (primary N) is 1. The van der Waals surface area contributed by atoms with E-state index in [2.05, 4.69) is 19.3 Å². The second-order valence-electron chi connectivity index (χ2n) is 6.23. The fraction of sp³-hybridized carbons (Fsp3) is 0.625. The molecule has 0 aliphatic heterocycles. The molecule has 2 nitrogen and oxygen atoms in total. The molecule has 3 N–H and O–H groups in total. The Morgan fingerprint density at radius 1 is 1.20 bits per heavy atom. The zero-order valence-corrected chi connectivity index (χ0v) is 13.0. The van der Waals surface area contributed by atoms with Crippen molar-refractivity contribution >= 4 is 11.6 Å². The molecule has 0 heterocycles. The van der Waals surface area contributed by atoms with Gasteiger partial charge < -0.3 is 0 Å². The quantitative estimate of drug-likeness (QED) is 0.637. The van der Waals surface area contributed by atoms with Gasteiger partial charge in [0.2, 0.25) is 0 Å². The Morgan fingerprint density at radius 3 is 2.30 bits per heavy atom. The SMILES string of the molecule is CC(C)C1CCC(C(NN)c2ccc(Cl)cc2F)CC1. The molecule has 0 aromatic heterocycles. The number of hydrogen-bond acceptors (Lipinski definition) is 2. The van der Waals surface area contributed by atoms with Crippen LogP contribution in [0.5, 0.6) is 0 Å². The summed E-state index contributed by atoms with van der Waals surface area (Å²) < 4.78 is 14.1. The molecule has 1 atom stereocenters. The van der Waals surface area contributed by atoms with Crippen molar-refractivity contribution < 1.29 is 4.39 Å². The van der Waals surface area contributed by atoms with E-state index in [1.54, 1.807) is 12.1 Å². The van der Waals surface area contributed by atoms with Gasteiger partial charge >= 0.3 is 0 Å². The summed E-state index contributed by atoms with van der Waals surface area (Å²) in [6.07, 6.45) is 4.60. The van der Waals surface area contributed by atoms with Gasteiger partial charge in [0.05, 0.1) is 6.04 Å². The Hall–Kier alpha value is -0.640. The van der Waals surface area contributed by atoms with Crippen molar-refractivity contribution in [3.8, 4) is 0 Å². The van der Waals surface area contributed by atoms with Crippen molar-refractivity contribution in [2.24, 2.45) is 23.6 Å². The van der Waals surface area contributed by atoms with Crippen LogP contribution in [0.25, 0.3) is 0 Å². The minimum atomic E-state index is -0.272. The molecular formula is C16H24ClFN2. The molecule has 1 aromatic carbocycles. The molecule has 1 aromatic rings. The van der Waals surface area contributed by atoms with Gasteiger partial charge in [0.25, 0.3) is 0 Å².